The van der Waals surface area contributed by atoms with E-state index < -0.39 is 0 Å². The lowest BCUT2D eigenvalue weighted by atomic mass is 10.1. The second-order valence-electron chi connectivity index (χ2n) is 5.51. The van der Waals surface area contributed by atoms with Crippen molar-refractivity contribution in [3.05, 3.63) is 68.1 Å². The molecule has 0 spiro atoms. The molecular formula is C18H18N2O2S. The molecule has 3 rings (SSSR count). The van der Waals surface area contributed by atoms with Crippen molar-refractivity contribution in [2.75, 3.05) is 6.54 Å². The van der Waals surface area contributed by atoms with Crippen molar-refractivity contribution in [2.24, 2.45) is 0 Å². The summed E-state index contributed by atoms with van der Waals surface area (Å²) in [6, 6.07) is 11.5. The molecule has 2 aromatic heterocycles. The lowest BCUT2D eigenvalue weighted by molar-refractivity contribution is 0.0757. The van der Waals surface area contributed by atoms with Crippen LogP contribution in [0.4, 0.5) is 0 Å². The number of amides is 1. The van der Waals surface area contributed by atoms with Gasteiger partial charge in [0, 0.05) is 17.6 Å². The smallest absolute Gasteiger partial charge is 0.264 e. The normalized spacial score (nSPS) is 10.9. The summed E-state index contributed by atoms with van der Waals surface area (Å²) < 4.78 is 0. The van der Waals surface area contributed by atoms with Gasteiger partial charge >= 0.3 is 0 Å². The lowest BCUT2D eigenvalue weighted by Gasteiger charge is -2.20. The van der Waals surface area contributed by atoms with Crippen molar-refractivity contribution in [3.63, 3.8) is 0 Å². The maximum atomic E-state index is 12.5. The predicted octanol–water partition coefficient (Wildman–Crippen LogP) is 3.56. The zero-order chi connectivity index (χ0) is 16.4. The van der Waals surface area contributed by atoms with Gasteiger partial charge in [0.15, 0.2) is 0 Å². The summed E-state index contributed by atoms with van der Waals surface area (Å²) in [5.41, 5.74) is 2.42. The number of pyridine rings is 1. The summed E-state index contributed by atoms with van der Waals surface area (Å²) >= 11 is 1.42. The number of aromatic nitrogens is 1. The molecule has 0 radical (unpaired) electrons. The fourth-order valence-corrected chi connectivity index (χ4v) is 3.27. The van der Waals surface area contributed by atoms with E-state index in [4.69, 9.17) is 0 Å². The first-order valence-corrected chi connectivity index (χ1v) is 8.42. The number of benzene rings is 1. The van der Waals surface area contributed by atoms with Gasteiger partial charge in [-0.1, -0.05) is 17.7 Å². The van der Waals surface area contributed by atoms with E-state index in [9.17, 15) is 9.59 Å². The second kappa shape index (κ2) is 6.38. The number of H-pyrrole nitrogens is 1. The highest BCUT2D eigenvalue weighted by Gasteiger charge is 2.17. The number of carbonyl (C=O) groups excluding carboxylic acids is 1. The summed E-state index contributed by atoms with van der Waals surface area (Å²) in [6.07, 6.45) is 0. The van der Waals surface area contributed by atoms with Crippen LogP contribution in [0.1, 0.15) is 27.7 Å². The van der Waals surface area contributed by atoms with Crippen molar-refractivity contribution in [1.29, 1.82) is 0 Å². The fourth-order valence-electron chi connectivity index (χ4n) is 2.58. The standard InChI is InChI=1S/C18H18N2O2S/c1-3-20(18(22)16-5-4-8-23-16)11-14-10-13-9-12(2)6-7-15(13)19-17(14)21/h4-10H,3,11H2,1-2H3,(H,19,21). The highest BCUT2D eigenvalue weighted by Crippen LogP contribution is 2.16. The van der Waals surface area contributed by atoms with E-state index >= 15 is 0 Å². The number of nitrogens with one attached hydrogen (secondary N) is 1. The second-order valence-corrected chi connectivity index (χ2v) is 6.46. The Morgan fingerprint density at radius 2 is 2.09 bits per heavy atom. The molecule has 5 heteroatoms. The van der Waals surface area contributed by atoms with E-state index in [1.807, 2.05) is 55.6 Å². The third kappa shape index (κ3) is 3.19. The summed E-state index contributed by atoms with van der Waals surface area (Å²) in [4.78, 5) is 30.1. The predicted molar refractivity (Wildman–Crippen MR) is 94.0 cm³/mol. The van der Waals surface area contributed by atoms with E-state index in [1.165, 1.54) is 11.3 Å². The summed E-state index contributed by atoms with van der Waals surface area (Å²) in [5.74, 6) is -0.0359. The van der Waals surface area contributed by atoms with Crippen LogP contribution in [0.25, 0.3) is 10.9 Å². The first kappa shape index (κ1) is 15.5. The van der Waals surface area contributed by atoms with Gasteiger partial charge in [0.1, 0.15) is 0 Å². The number of nitrogens with zero attached hydrogens (tertiary/aromatic N) is 1. The molecule has 0 aliphatic carbocycles. The Labute approximate surface area is 138 Å². The Kier molecular flexibility index (Phi) is 4.30. The van der Waals surface area contributed by atoms with Crippen LogP contribution in [0.3, 0.4) is 0 Å². The molecule has 4 nitrogen and oxygen atoms in total. The van der Waals surface area contributed by atoms with Crippen molar-refractivity contribution < 1.29 is 4.79 Å². The van der Waals surface area contributed by atoms with Crippen LogP contribution in [-0.4, -0.2) is 22.3 Å². The number of fused-ring (bicyclic) bond motifs is 1. The zero-order valence-electron chi connectivity index (χ0n) is 13.1. The van der Waals surface area contributed by atoms with Crippen molar-refractivity contribution in [3.8, 4) is 0 Å². The summed E-state index contributed by atoms with van der Waals surface area (Å²) in [6.45, 7) is 4.81. The molecular weight excluding hydrogens is 308 g/mol. The molecule has 1 amide bonds. The van der Waals surface area contributed by atoms with Gasteiger partial charge in [0.05, 0.1) is 11.4 Å². The van der Waals surface area contributed by atoms with Crippen LogP contribution in [0.2, 0.25) is 0 Å². The van der Waals surface area contributed by atoms with Gasteiger partial charge in [-0.2, -0.15) is 0 Å². The van der Waals surface area contributed by atoms with E-state index in [0.29, 0.717) is 23.5 Å². The SMILES string of the molecule is CCN(Cc1cc2cc(C)ccc2[nH]c1=O)C(=O)c1cccs1. The molecule has 0 saturated carbocycles. The Bertz CT molecular complexity index is 897. The quantitative estimate of drug-likeness (QED) is 0.797. The summed E-state index contributed by atoms with van der Waals surface area (Å²) in [5, 5.41) is 2.87. The number of thiophene rings is 1. The first-order valence-electron chi connectivity index (χ1n) is 7.54. The van der Waals surface area contributed by atoms with Crippen LogP contribution in [0.5, 0.6) is 0 Å². The lowest BCUT2D eigenvalue weighted by Crippen LogP contribution is -2.32. The van der Waals surface area contributed by atoms with Crippen molar-refractivity contribution in [1.82, 2.24) is 9.88 Å². The van der Waals surface area contributed by atoms with E-state index in [0.717, 1.165) is 16.5 Å². The average Bonchev–Trinajstić information content (AvgIpc) is 3.07. The largest absolute Gasteiger partial charge is 0.334 e. The highest BCUT2D eigenvalue weighted by atomic mass is 32.1. The van der Waals surface area contributed by atoms with Crippen LogP contribution in [-0.2, 0) is 6.54 Å². The molecule has 118 valence electrons. The van der Waals surface area contributed by atoms with Crippen LogP contribution in [0.15, 0.2) is 46.6 Å². The molecule has 0 bridgehead atoms. The fraction of sp³-hybridized carbons (Fsp3) is 0.222. The molecule has 0 saturated heterocycles. The minimum atomic E-state index is -0.140. The van der Waals surface area contributed by atoms with Crippen molar-refractivity contribution >= 4 is 28.1 Å². The molecule has 2 heterocycles. The maximum Gasteiger partial charge on any atom is 0.264 e. The van der Waals surface area contributed by atoms with Crippen molar-refractivity contribution in [2.45, 2.75) is 20.4 Å². The average molecular weight is 326 g/mol. The Balaban J connectivity index is 1.94. The van der Waals surface area contributed by atoms with Gasteiger partial charge in [0.25, 0.3) is 11.5 Å². The maximum absolute atomic E-state index is 12.5. The molecule has 0 aliphatic heterocycles. The van der Waals surface area contributed by atoms with Gasteiger partial charge in [-0.25, -0.2) is 0 Å². The number of aromatic amines is 1. The molecule has 0 fully saturated rings. The molecule has 3 aromatic rings. The topological polar surface area (TPSA) is 53.2 Å². The van der Waals surface area contributed by atoms with Gasteiger partial charge in [-0.3, -0.25) is 9.59 Å². The van der Waals surface area contributed by atoms with Gasteiger partial charge in [-0.05, 0) is 48.9 Å². The molecule has 0 aliphatic rings. The molecule has 1 aromatic carbocycles. The zero-order valence-corrected chi connectivity index (χ0v) is 13.9. The molecule has 0 unspecified atom stereocenters. The Hall–Kier alpha value is -2.40. The van der Waals surface area contributed by atoms with Crippen LogP contribution >= 0.6 is 11.3 Å². The Morgan fingerprint density at radius 3 is 2.78 bits per heavy atom. The first-order chi connectivity index (χ1) is 11.1. The molecule has 1 N–H and O–H groups in total. The van der Waals surface area contributed by atoms with E-state index in [2.05, 4.69) is 4.98 Å². The molecule has 23 heavy (non-hydrogen) atoms. The highest BCUT2D eigenvalue weighted by molar-refractivity contribution is 7.12. The minimum Gasteiger partial charge on any atom is -0.334 e. The number of rotatable bonds is 4. The number of carbonyl (C=O) groups is 1. The van der Waals surface area contributed by atoms with E-state index in [1.54, 1.807) is 4.90 Å². The third-order valence-electron chi connectivity index (χ3n) is 3.84. The third-order valence-corrected chi connectivity index (χ3v) is 4.70. The van der Waals surface area contributed by atoms with Gasteiger partial charge in [0.2, 0.25) is 0 Å². The number of hydrogen-bond donors (Lipinski definition) is 1. The summed E-state index contributed by atoms with van der Waals surface area (Å²) in [7, 11) is 0. The van der Waals surface area contributed by atoms with E-state index in [-0.39, 0.29) is 11.5 Å². The molecule has 0 atom stereocenters. The number of aryl methyl sites for hydroxylation is 1. The van der Waals surface area contributed by atoms with Gasteiger partial charge in [-0.15, -0.1) is 11.3 Å². The van der Waals surface area contributed by atoms with Crippen LogP contribution in [0, 0.1) is 6.92 Å². The van der Waals surface area contributed by atoms with Crippen LogP contribution < -0.4 is 5.56 Å². The van der Waals surface area contributed by atoms with Gasteiger partial charge < -0.3 is 9.88 Å². The minimum absolute atomic E-state index is 0.0359. The number of hydrogen-bond acceptors (Lipinski definition) is 3. The Morgan fingerprint density at radius 1 is 1.26 bits per heavy atom. The monoisotopic (exact) mass is 326 g/mol.